The van der Waals surface area contributed by atoms with Crippen molar-refractivity contribution >= 4 is 11.6 Å². The molecule has 3 N–H and O–H groups in total. The molecule has 21 heavy (non-hydrogen) atoms. The maximum atomic E-state index is 13.4. The van der Waals surface area contributed by atoms with E-state index in [2.05, 4.69) is 5.32 Å². The fourth-order valence-corrected chi connectivity index (χ4v) is 1.71. The Morgan fingerprint density at radius 2 is 2.24 bits per heavy atom. The molecule has 1 atom stereocenters. The maximum Gasteiger partial charge on any atom is 0.305 e. The molecule has 0 aliphatic rings. The molecule has 0 aliphatic heterocycles. The van der Waals surface area contributed by atoms with Crippen molar-refractivity contribution in [1.82, 2.24) is 5.32 Å². The Bertz CT molecular complexity index is 538. The summed E-state index contributed by atoms with van der Waals surface area (Å²) in [6, 6.07) is 3.34. The van der Waals surface area contributed by atoms with Crippen molar-refractivity contribution in [1.29, 1.82) is 0 Å². The number of benzene rings is 1. The lowest BCUT2D eigenvalue weighted by Crippen LogP contribution is -2.51. The zero-order chi connectivity index (χ0) is 16.0. The minimum atomic E-state index is -0.949. The van der Waals surface area contributed by atoms with Crippen LogP contribution in [-0.4, -0.2) is 30.0 Å². The van der Waals surface area contributed by atoms with Crippen molar-refractivity contribution in [3.05, 3.63) is 34.1 Å². The van der Waals surface area contributed by atoms with Crippen LogP contribution in [-0.2, 0) is 4.79 Å². The molecule has 1 unspecified atom stereocenters. The van der Waals surface area contributed by atoms with Crippen molar-refractivity contribution in [3.63, 3.8) is 0 Å². The van der Waals surface area contributed by atoms with Gasteiger partial charge in [0.05, 0.1) is 17.1 Å². The zero-order valence-corrected chi connectivity index (χ0v) is 11.9. The summed E-state index contributed by atoms with van der Waals surface area (Å²) in [5.41, 5.74) is 3.86. The number of hydrogen-bond acceptors (Lipinski definition) is 5. The molecule has 1 amide bonds. The molecule has 1 aromatic rings. The fourth-order valence-electron chi connectivity index (χ4n) is 1.71. The second-order valence-electron chi connectivity index (χ2n) is 4.77. The molecule has 0 radical (unpaired) electrons. The standard InChI is InChI=1S/C13H18FN3O4/c1-13(16-2,12(15)18)6-3-7-21-9-4-5-11(17(19)20)10(14)8-9/h4-5,8,16H,3,6-7H2,1-2H3,(H2,15,18). The first-order valence-electron chi connectivity index (χ1n) is 6.35. The van der Waals surface area contributed by atoms with E-state index in [4.69, 9.17) is 10.5 Å². The van der Waals surface area contributed by atoms with Crippen LogP contribution in [0, 0.1) is 15.9 Å². The SMILES string of the molecule is CNC(C)(CCCOc1ccc([N+](=O)[O-])c(F)c1)C(N)=O. The van der Waals surface area contributed by atoms with E-state index in [9.17, 15) is 19.3 Å². The summed E-state index contributed by atoms with van der Waals surface area (Å²) < 4.78 is 18.7. The highest BCUT2D eigenvalue weighted by molar-refractivity contribution is 5.84. The summed E-state index contributed by atoms with van der Waals surface area (Å²) in [4.78, 5) is 20.9. The summed E-state index contributed by atoms with van der Waals surface area (Å²) in [6.45, 7) is 1.92. The molecule has 1 rings (SSSR count). The Balaban J connectivity index is 2.52. The number of rotatable bonds is 8. The van der Waals surface area contributed by atoms with Crippen LogP contribution in [0.25, 0.3) is 0 Å². The largest absolute Gasteiger partial charge is 0.493 e. The lowest BCUT2D eigenvalue weighted by atomic mass is 9.95. The van der Waals surface area contributed by atoms with Crippen LogP contribution in [0.2, 0.25) is 0 Å². The minimum absolute atomic E-state index is 0.198. The van der Waals surface area contributed by atoms with Gasteiger partial charge in [-0.1, -0.05) is 0 Å². The van der Waals surface area contributed by atoms with Crippen LogP contribution >= 0.6 is 0 Å². The third-order valence-corrected chi connectivity index (χ3v) is 3.30. The van der Waals surface area contributed by atoms with Gasteiger partial charge in [-0.3, -0.25) is 14.9 Å². The quantitative estimate of drug-likeness (QED) is 0.428. The summed E-state index contributed by atoms with van der Waals surface area (Å²) in [5, 5.41) is 13.3. The van der Waals surface area contributed by atoms with Gasteiger partial charge >= 0.3 is 5.69 Å². The Morgan fingerprint density at radius 3 is 2.71 bits per heavy atom. The molecule has 116 valence electrons. The average molecular weight is 299 g/mol. The van der Waals surface area contributed by atoms with Crippen molar-refractivity contribution in [3.8, 4) is 5.75 Å². The number of hydrogen-bond donors (Lipinski definition) is 2. The van der Waals surface area contributed by atoms with Gasteiger partial charge in [0.25, 0.3) is 0 Å². The van der Waals surface area contributed by atoms with Crippen LogP contribution in [0.5, 0.6) is 5.75 Å². The highest BCUT2D eigenvalue weighted by Crippen LogP contribution is 2.22. The Morgan fingerprint density at radius 1 is 1.57 bits per heavy atom. The third-order valence-electron chi connectivity index (χ3n) is 3.30. The van der Waals surface area contributed by atoms with E-state index in [1.54, 1.807) is 14.0 Å². The molecule has 0 aliphatic carbocycles. The van der Waals surface area contributed by atoms with E-state index < -0.39 is 27.9 Å². The van der Waals surface area contributed by atoms with Gasteiger partial charge in [0.15, 0.2) is 0 Å². The number of ether oxygens (including phenoxy) is 1. The van der Waals surface area contributed by atoms with Crippen LogP contribution in [0.3, 0.4) is 0 Å². The molecule has 0 saturated heterocycles. The van der Waals surface area contributed by atoms with Crippen LogP contribution in [0.15, 0.2) is 18.2 Å². The predicted octanol–water partition coefficient (Wildman–Crippen LogP) is 1.36. The van der Waals surface area contributed by atoms with Crippen molar-refractivity contribution in [2.75, 3.05) is 13.7 Å². The fraction of sp³-hybridized carbons (Fsp3) is 0.462. The van der Waals surface area contributed by atoms with Gasteiger partial charge in [0.1, 0.15) is 5.75 Å². The summed E-state index contributed by atoms with van der Waals surface area (Å²) in [5.74, 6) is -1.22. The molecule has 0 bridgehead atoms. The van der Waals surface area contributed by atoms with E-state index in [-0.39, 0.29) is 12.4 Å². The summed E-state index contributed by atoms with van der Waals surface area (Å²) in [7, 11) is 1.64. The van der Waals surface area contributed by atoms with E-state index in [0.717, 1.165) is 12.1 Å². The number of primary amides is 1. The number of carbonyl (C=O) groups excluding carboxylic acids is 1. The number of nitrogens with zero attached hydrogens (tertiary/aromatic N) is 1. The lowest BCUT2D eigenvalue weighted by Gasteiger charge is -2.25. The number of nitrogens with one attached hydrogen (secondary N) is 1. The number of nitro groups is 1. The number of nitrogens with two attached hydrogens (primary N) is 1. The van der Waals surface area contributed by atoms with Crippen LogP contribution < -0.4 is 15.8 Å². The van der Waals surface area contributed by atoms with Gasteiger partial charge in [-0.2, -0.15) is 4.39 Å². The maximum absolute atomic E-state index is 13.4. The molecule has 0 spiro atoms. The Kier molecular flexibility index (Phi) is 5.60. The minimum Gasteiger partial charge on any atom is -0.493 e. The van der Waals surface area contributed by atoms with Gasteiger partial charge in [-0.25, -0.2) is 0 Å². The summed E-state index contributed by atoms with van der Waals surface area (Å²) >= 11 is 0. The van der Waals surface area contributed by atoms with Gasteiger partial charge in [0, 0.05) is 12.1 Å². The highest BCUT2D eigenvalue weighted by Gasteiger charge is 2.28. The second-order valence-corrected chi connectivity index (χ2v) is 4.77. The third kappa shape index (κ3) is 4.38. The van der Waals surface area contributed by atoms with E-state index in [1.807, 2.05) is 0 Å². The Labute approximate surface area is 121 Å². The number of halogens is 1. The highest BCUT2D eigenvalue weighted by atomic mass is 19.1. The molecular weight excluding hydrogens is 281 g/mol. The lowest BCUT2D eigenvalue weighted by molar-refractivity contribution is -0.387. The van der Waals surface area contributed by atoms with Gasteiger partial charge < -0.3 is 15.8 Å². The molecule has 0 fully saturated rings. The van der Waals surface area contributed by atoms with Crippen LogP contribution in [0.1, 0.15) is 19.8 Å². The summed E-state index contributed by atoms with van der Waals surface area (Å²) in [6.07, 6.45) is 0.965. The van der Waals surface area contributed by atoms with Crippen molar-refractivity contribution in [2.24, 2.45) is 5.73 Å². The molecule has 1 aromatic carbocycles. The average Bonchev–Trinajstić information content (AvgIpc) is 2.42. The first-order chi connectivity index (χ1) is 9.80. The number of nitro benzene ring substituents is 1. The van der Waals surface area contributed by atoms with E-state index in [0.29, 0.717) is 12.8 Å². The molecule has 0 heterocycles. The van der Waals surface area contributed by atoms with Crippen molar-refractivity contribution in [2.45, 2.75) is 25.3 Å². The first kappa shape index (κ1) is 16.8. The molecular formula is C13H18FN3O4. The normalized spacial score (nSPS) is 13.5. The Hall–Kier alpha value is -2.22. The van der Waals surface area contributed by atoms with Gasteiger partial charge in [-0.05, 0) is 32.9 Å². The van der Waals surface area contributed by atoms with Crippen molar-refractivity contribution < 1.29 is 18.8 Å². The van der Waals surface area contributed by atoms with Gasteiger partial charge in [0.2, 0.25) is 11.7 Å². The monoisotopic (exact) mass is 299 g/mol. The zero-order valence-electron chi connectivity index (χ0n) is 11.9. The van der Waals surface area contributed by atoms with Crippen LogP contribution in [0.4, 0.5) is 10.1 Å². The first-order valence-corrected chi connectivity index (χ1v) is 6.35. The number of carbonyl (C=O) groups is 1. The van der Waals surface area contributed by atoms with E-state index in [1.165, 1.54) is 6.07 Å². The molecule has 8 heteroatoms. The molecule has 0 saturated carbocycles. The van der Waals surface area contributed by atoms with E-state index >= 15 is 0 Å². The smallest absolute Gasteiger partial charge is 0.305 e. The number of amides is 1. The van der Waals surface area contributed by atoms with Gasteiger partial charge in [-0.15, -0.1) is 0 Å². The predicted molar refractivity (Wildman–Crippen MR) is 74.4 cm³/mol. The number of likely N-dealkylation sites (N-methyl/N-ethyl adjacent to an activating group) is 1. The molecule has 7 nitrogen and oxygen atoms in total. The second kappa shape index (κ2) is 6.98. The molecule has 0 aromatic heterocycles. The topological polar surface area (TPSA) is 107 Å².